The molecule has 0 aliphatic carbocycles. The van der Waals surface area contributed by atoms with E-state index in [0.29, 0.717) is 29.4 Å². The monoisotopic (exact) mass is 316 g/mol. The van der Waals surface area contributed by atoms with E-state index in [1.807, 2.05) is 31.2 Å². The number of nitrogens with two attached hydrogens (primary N) is 1. The van der Waals surface area contributed by atoms with Crippen LogP contribution in [0.1, 0.15) is 12.5 Å². The van der Waals surface area contributed by atoms with Gasteiger partial charge in [-0.25, -0.2) is 0 Å². The smallest absolute Gasteiger partial charge is 0.268 e. The van der Waals surface area contributed by atoms with Crippen molar-refractivity contribution >= 4 is 28.9 Å². The number of hydrogen-bond donors (Lipinski definition) is 1. The van der Waals surface area contributed by atoms with Gasteiger partial charge in [-0.1, -0.05) is 29.8 Å². The van der Waals surface area contributed by atoms with Crippen molar-refractivity contribution in [1.29, 1.82) is 0 Å². The lowest BCUT2D eigenvalue weighted by molar-refractivity contribution is -0.126. The molecule has 1 aliphatic rings. The number of benzene rings is 2. The molecule has 0 radical (unpaired) electrons. The first kappa shape index (κ1) is 14.7. The summed E-state index contributed by atoms with van der Waals surface area (Å²) < 4.78 is 5.88. The van der Waals surface area contributed by atoms with E-state index < -0.39 is 6.10 Å². The maximum atomic E-state index is 12.7. The lowest BCUT2D eigenvalue weighted by atomic mass is 10.0. The molecule has 0 saturated heterocycles. The van der Waals surface area contributed by atoms with E-state index in [2.05, 4.69) is 0 Å². The van der Waals surface area contributed by atoms with Crippen molar-refractivity contribution < 1.29 is 9.53 Å². The van der Waals surface area contributed by atoms with Crippen LogP contribution in [0, 0.1) is 0 Å². The Bertz CT molecular complexity index is 718. The molecule has 1 atom stereocenters. The van der Waals surface area contributed by atoms with E-state index in [-0.39, 0.29) is 5.91 Å². The summed E-state index contributed by atoms with van der Waals surface area (Å²) >= 11 is 6.19. The minimum atomic E-state index is -0.573. The molecule has 1 amide bonds. The summed E-state index contributed by atoms with van der Waals surface area (Å²) in [4.78, 5) is 14.4. The van der Waals surface area contributed by atoms with Crippen molar-refractivity contribution in [2.45, 2.75) is 19.4 Å². The van der Waals surface area contributed by atoms with Crippen LogP contribution < -0.4 is 15.4 Å². The highest BCUT2D eigenvalue weighted by Gasteiger charge is 2.34. The van der Waals surface area contributed by atoms with Gasteiger partial charge >= 0.3 is 0 Å². The van der Waals surface area contributed by atoms with Gasteiger partial charge in [0, 0.05) is 23.7 Å². The largest absolute Gasteiger partial charge is 0.478 e. The Morgan fingerprint density at radius 1 is 1.27 bits per heavy atom. The topological polar surface area (TPSA) is 55.6 Å². The molecule has 3 rings (SSSR count). The van der Waals surface area contributed by atoms with E-state index in [0.717, 1.165) is 11.3 Å². The molecular formula is C17H17ClN2O2. The second-order valence-electron chi connectivity index (χ2n) is 5.21. The number of likely N-dealkylation sites (N-methyl/N-ethyl adjacent to an activating group) is 1. The van der Waals surface area contributed by atoms with Crippen LogP contribution in [0.4, 0.5) is 11.4 Å². The Hall–Kier alpha value is -2.20. The zero-order valence-electron chi connectivity index (χ0n) is 12.3. The number of carbonyl (C=O) groups excluding carboxylic acids is 1. The van der Waals surface area contributed by atoms with Crippen LogP contribution in [0.2, 0.25) is 5.02 Å². The zero-order valence-corrected chi connectivity index (χ0v) is 13.0. The predicted molar refractivity (Wildman–Crippen MR) is 88.5 cm³/mol. The van der Waals surface area contributed by atoms with Crippen LogP contribution in [-0.2, 0) is 11.2 Å². The van der Waals surface area contributed by atoms with Crippen molar-refractivity contribution in [1.82, 2.24) is 0 Å². The van der Waals surface area contributed by atoms with Crippen LogP contribution in [-0.4, -0.2) is 18.6 Å². The van der Waals surface area contributed by atoms with E-state index >= 15 is 0 Å². The van der Waals surface area contributed by atoms with E-state index in [9.17, 15) is 4.79 Å². The maximum absolute atomic E-state index is 12.7. The summed E-state index contributed by atoms with van der Waals surface area (Å²) in [7, 11) is 0. The molecule has 2 aromatic rings. The van der Waals surface area contributed by atoms with E-state index in [4.69, 9.17) is 22.1 Å². The molecular weight excluding hydrogens is 300 g/mol. The van der Waals surface area contributed by atoms with Gasteiger partial charge in [-0.15, -0.1) is 0 Å². The molecule has 0 aromatic heterocycles. The van der Waals surface area contributed by atoms with Gasteiger partial charge in [-0.2, -0.15) is 0 Å². The first-order valence-electron chi connectivity index (χ1n) is 7.21. The van der Waals surface area contributed by atoms with Crippen molar-refractivity contribution in [3.05, 3.63) is 53.1 Å². The summed E-state index contributed by atoms with van der Waals surface area (Å²) in [5, 5.41) is 0.644. The first-order valence-corrected chi connectivity index (χ1v) is 7.59. The molecule has 1 unspecified atom stereocenters. The molecule has 0 saturated carbocycles. The summed E-state index contributed by atoms with van der Waals surface area (Å²) in [5.41, 5.74) is 8.05. The predicted octanol–water partition coefficient (Wildman–Crippen LogP) is 3.28. The Morgan fingerprint density at radius 2 is 2.05 bits per heavy atom. The first-order chi connectivity index (χ1) is 10.6. The summed E-state index contributed by atoms with van der Waals surface area (Å²) in [5.74, 6) is 0.605. The molecule has 0 spiro atoms. The third kappa shape index (κ3) is 2.62. The number of nitrogens with zero attached hydrogens (tertiary/aromatic N) is 1. The van der Waals surface area contributed by atoms with Crippen LogP contribution >= 0.6 is 11.6 Å². The fourth-order valence-corrected chi connectivity index (χ4v) is 2.87. The number of fused-ring (bicyclic) bond motifs is 1. The molecule has 114 valence electrons. The van der Waals surface area contributed by atoms with Crippen LogP contribution in [0.5, 0.6) is 5.75 Å². The highest BCUT2D eigenvalue weighted by Crippen LogP contribution is 2.36. The Kier molecular flexibility index (Phi) is 3.94. The lowest BCUT2D eigenvalue weighted by Crippen LogP contribution is -2.46. The lowest BCUT2D eigenvalue weighted by Gasteiger charge is -2.34. The van der Waals surface area contributed by atoms with Gasteiger partial charge < -0.3 is 15.4 Å². The standard InChI is InChI=1S/C17H17ClN2O2/c1-2-20-14-10-12(19)7-8-15(14)22-16(17(20)21)9-11-5-3-4-6-13(11)18/h3-8,10,16H,2,9,19H2,1H3. The van der Waals surface area contributed by atoms with Crippen molar-refractivity contribution in [2.24, 2.45) is 0 Å². The highest BCUT2D eigenvalue weighted by atomic mass is 35.5. The Morgan fingerprint density at radius 3 is 2.77 bits per heavy atom. The van der Waals surface area contributed by atoms with Gasteiger partial charge in [-0.05, 0) is 36.8 Å². The Labute approximate surface area is 134 Å². The number of hydrogen-bond acceptors (Lipinski definition) is 3. The average molecular weight is 317 g/mol. The summed E-state index contributed by atoms with van der Waals surface area (Å²) in [6.07, 6.45) is -0.130. The second kappa shape index (κ2) is 5.89. The van der Waals surface area contributed by atoms with Gasteiger partial charge in [0.15, 0.2) is 6.10 Å². The number of anilines is 2. The minimum Gasteiger partial charge on any atom is -0.478 e. The molecule has 0 fully saturated rings. The number of rotatable bonds is 3. The molecule has 2 N–H and O–H groups in total. The number of halogens is 1. The number of carbonyl (C=O) groups is 1. The highest BCUT2D eigenvalue weighted by molar-refractivity contribution is 6.31. The van der Waals surface area contributed by atoms with Gasteiger partial charge in [0.1, 0.15) is 5.75 Å². The minimum absolute atomic E-state index is 0.0690. The van der Waals surface area contributed by atoms with E-state index in [1.54, 1.807) is 23.1 Å². The van der Waals surface area contributed by atoms with Gasteiger partial charge in [0.25, 0.3) is 5.91 Å². The SMILES string of the molecule is CCN1C(=O)C(Cc2ccccc2Cl)Oc2ccc(N)cc21. The van der Waals surface area contributed by atoms with E-state index in [1.165, 1.54) is 0 Å². The molecule has 5 heteroatoms. The summed E-state index contributed by atoms with van der Waals surface area (Å²) in [6.45, 7) is 2.50. The van der Waals surface area contributed by atoms with Gasteiger partial charge in [0.05, 0.1) is 5.69 Å². The van der Waals surface area contributed by atoms with Crippen LogP contribution in [0.3, 0.4) is 0 Å². The normalized spacial score (nSPS) is 17.1. The Balaban J connectivity index is 1.93. The fourth-order valence-electron chi connectivity index (χ4n) is 2.66. The average Bonchev–Trinajstić information content (AvgIpc) is 2.51. The fraction of sp³-hybridized carbons (Fsp3) is 0.235. The molecule has 22 heavy (non-hydrogen) atoms. The van der Waals surface area contributed by atoms with Gasteiger partial charge in [0.2, 0.25) is 0 Å². The van der Waals surface area contributed by atoms with Crippen molar-refractivity contribution in [2.75, 3.05) is 17.2 Å². The van der Waals surface area contributed by atoms with Crippen LogP contribution in [0.15, 0.2) is 42.5 Å². The molecule has 1 aliphatic heterocycles. The number of nitrogen functional groups attached to an aromatic ring is 1. The zero-order chi connectivity index (χ0) is 15.7. The molecule has 0 bridgehead atoms. The quantitative estimate of drug-likeness (QED) is 0.884. The third-order valence-corrected chi connectivity index (χ3v) is 4.13. The summed E-state index contributed by atoms with van der Waals surface area (Å²) in [6, 6.07) is 12.8. The molecule has 4 nitrogen and oxygen atoms in total. The third-order valence-electron chi connectivity index (χ3n) is 3.76. The van der Waals surface area contributed by atoms with Crippen LogP contribution in [0.25, 0.3) is 0 Å². The maximum Gasteiger partial charge on any atom is 0.268 e. The molecule has 2 aromatic carbocycles. The van der Waals surface area contributed by atoms with Crippen molar-refractivity contribution in [3.8, 4) is 5.75 Å². The van der Waals surface area contributed by atoms with Gasteiger partial charge in [-0.3, -0.25) is 4.79 Å². The number of ether oxygens (including phenoxy) is 1. The van der Waals surface area contributed by atoms with Crippen molar-refractivity contribution in [3.63, 3.8) is 0 Å². The molecule has 1 heterocycles. The second-order valence-corrected chi connectivity index (χ2v) is 5.62. The number of amides is 1.